The smallest absolute Gasteiger partial charge is 0.272 e. The van der Waals surface area contributed by atoms with Crippen LogP contribution in [0, 0.1) is 0 Å². The zero-order valence-corrected chi connectivity index (χ0v) is 18.9. The van der Waals surface area contributed by atoms with Crippen molar-refractivity contribution in [3.8, 4) is 11.5 Å². The van der Waals surface area contributed by atoms with Crippen molar-refractivity contribution >= 4 is 35.3 Å². The van der Waals surface area contributed by atoms with Gasteiger partial charge in [0.25, 0.3) is 11.8 Å². The number of para-hydroxylation sites is 1. The van der Waals surface area contributed by atoms with Gasteiger partial charge in [0, 0.05) is 21.7 Å². The van der Waals surface area contributed by atoms with Crippen LogP contribution in [0.2, 0.25) is 0 Å². The van der Waals surface area contributed by atoms with Gasteiger partial charge in [0.1, 0.15) is 5.70 Å². The van der Waals surface area contributed by atoms with Gasteiger partial charge in [-0.25, -0.2) is 0 Å². The topological polar surface area (TPSA) is 76.7 Å². The Morgan fingerprint density at radius 2 is 1.59 bits per heavy atom. The molecular formula is C25H24N2O4S. The van der Waals surface area contributed by atoms with E-state index in [0.717, 1.165) is 4.90 Å². The van der Waals surface area contributed by atoms with Crippen molar-refractivity contribution in [2.75, 3.05) is 25.8 Å². The second-order valence-corrected chi connectivity index (χ2v) is 7.52. The highest BCUT2D eigenvalue weighted by atomic mass is 32.2. The zero-order chi connectivity index (χ0) is 22.9. The third-order valence-corrected chi connectivity index (χ3v) is 5.35. The SMILES string of the molecule is COc1cccc(/C=C(\NC(=O)c2ccccc2)C(=O)Nc2ccc(SC)cc2)c1OC. The normalized spacial score (nSPS) is 10.9. The molecule has 164 valence electrons. The molecule has 0 saturated carbocycles. The molecule has 2 amide bonds. The number of carbonyl (C=O) groups is 2. The van der Waals surface area contributed by atoms with Crippen LogP contribution < -0.4 is 20.1 Å². The maximum Gasteiger partial charge on any atom is 0.272 e. The maximum atomic E-state index is 13.1. The lowest BCUT2D eigenvalue weighted by molar-refractivity contribution is -0.113. The van der Waals surface area contributed by atoms with Gasteiger partial charge >= 0.3 is 0 Å². The van der Waals surface area contributed by atoms with Crippen LogP contribution in [0.15, 0.2) is 83.4 Å². The second kappa shape index (κ2) is 11.1. The zero-order valence-electron chi connectivity index (χ0n) is 18.0. The average Bonchev–Trinajstić information content (AvgIpc) is 2.84. The molecule has 32 heavy (non-hydrogen) atoms. The summed E-state index contributed by atoms with van der Waals surface area (Å²) in [5.41, 5.74) is 1.71. The molecular weight excluding hydrogens is 424 g/mol. The molecule has 0 aromatic heterocycles. The van der Waals surface area contributed by atoms with Crippen LogP contribution in [0.5, 0.6) is 11.5 Å². The molecule has 0 aliphatic heterocycles. The predicted octanol–water partition coefficient (Wildman–Crippen LogP) is 4.84. The van der Waals surface area contributed by atoms with Crippen LogP contribution in [0.25, 0.3) is 6.08 Å². The van der Waals surface area contributed by atoms with Gasteiger partial charge in [0.05, 0.1) is 14.2 Å². The lowest BCUT2D eigenvalue weighted by Crippen LogP contribution is -2.30. The van der Waals surface area contributed by atoms with Crippen LogP contribution in [-0.2, 0) is 4.79 Å². The van der Waals surface area contributed by atoms with Gasteiger partial charge in [-0.1, -0.05) is 30.3 Å². The molecule has 0 aliphatic rings. The summed E-state index contributed by atoms with van der Waals surface area (Å²) in [6, 6.07) is 21.5. The molecule has 3 aromatic carbocycles. The number of ether oxygens (including phenoxy) is 2. The summed E-state index contributed by atoms with van der Waals surface area (Å²) < 4.78 is 10.8. The standard InChI is InChI=1S/C25H24N2O4S/c1-30-22-11-7-10-18(23(22)31-2)16-21(27-24(28)17-8-5-4-6-9-17)25(29)26-19-12-14-20(32-3)15-13-19/h4-16H,1-3H3,(H,26,29)(H,27,28)/b21-16-. The van der Waals surface area contributed by atoms with Gasteiger partial charge < -0.3 is 20.1 Å². The summed E-state index contributed by atoms with van der Waals surface area (Å²) in [6.45, 7) is 0. The van der Waals surface area contributed by atoms with Crippen molar-refractivity contribution in [3.63, 3.8) is 0 Å². The molecule has 7 heteroatoms. The van der Waals surface area contributed by atoms with Crippen molar-refractivity contribution in [1.29, 1.82) is 0 Å². The van der Waals surface area contributed by atoms with E-state index in [1.54, 1.807) is 60.3 Å². The number of hydrogen-bond donors (Lipinski definition) is 2. The number of nitrogens with one attached hydrogen (secondary N) is 2. The second-order valence-electron chi connectivity index (χ2n) is 6.64. The van der Waals surface area contributed by atoms with Crippen LogP contribution in [-0.4, -0.2) is 32.3 Å². The van der Waals surface area contributed by atoms with Crippen LogP contribution >= 0.6 is 11.8 Å². The van der Waals surface area contributed by atoms with E-state index in [-0.39, 0.29) is 5.70 Å². The summed E-state index contributed by atoms with van der Waals surface area (Å²) in [7, 11) is 3.05. The van der Waals surface area contributed by atoms with Crippen LogP contribution in [0.3, 0.4) is 0 Å². The van der Waals surface area contributed by atoms with Gasteiger partial charge in [-0.15, -0.1) is 11.8 Å². The van der Waals surface area contributed by atoms with Crippen LogP contribution in [0.4, 0.5) is 5.69 Å². The van der Waals surface area contributed by atoms with E-state index < -0.39 is 11.8 Å². The van der Waals surface area contributed by atoms with Crippen molar-refractivity contribution in [2.24, 2.45) is 0 Å². The minimum atomic E-state index is -0.462. The summed E-state index contributed by atoms with van der Waals surface area (Å²) in [5, 5.41) is 5.56. The Kier molecular flexibility index (Phi) is 7.94. The van der Waals surface area contributed by atoms with E-state index in [4.69, 9.17) is 9.47 Å². The van der Waals surface area contributed by atoms with Gasteiger partial charge in [0.2, 0.25) is 0 Å². The first-order valence-electron chi connectivity index (χ1n) is 9.80. The fourth-order valence-corrected chi connectivity index (χ4v) is 3.40. The highest BCUT2D eigenvalue weighted by Crippen LogP contribution is 2.32. The third-order valence-electron chi connectivity index (χ3n) is 4.61. The molecule has 0 fully saturated rings. The third kappa shape index (κ3) is 5.70. The summed E-state index contributed by atoms with van der Waals surface area (Å²) in [5.74, 6) is 0.115. The number of amides is 2. The summed E-state index contributed by atoms with van der Waals surface area (Å²) in [6.07, 6.45) is 3.54. The Morgan fingerprint density at radius 1 is 0.875 bits per heavy atom. The first kappa shape index (κ1) is 23.0. The van der Waals surface area contributed by atoms with E-state index in [2.05, 4.69) is 10.6 Å². The number of rotatable bonds is 8. The molecule has 0 spiro atoms. The van der Waals surface area contributed by atoms with E-state index in [1.165, 1.54) is 14.2 Å². The molecule has 0 unspecified atom stereocenters. The number of hydrogen-bond acceptors (Lipinski definition) is 5. The number of anilines is 1. The molecule has 3 aromatic rings. The molecule has 2 N–H and O–H groups in total. The predicted molar refractivity (Wildman–Crippen MR) is 128 cm³/mol. The van der Waals surface area contributed by atoms with Gasteiger partial charge in [-0.3, -0.25) is 9.59 Å². The lowest BCUT2D eigenvalue weighted by atomic mass is 10.1. The summed E-state index contributed by atoms with van der Waals surface area (Å²) in [4.78, 5) is 27.0. The lowest BCUT2D eigenvalue weighted by Gasteiger charge is -2.14. The molecule has 0 heterocycles. The number of thioether (sulfide) groups is 1. The molecule has 0 atom stereocenters. The highest BCUT2D eigenvalue weighted by molar-refractivity contribution is 7.98. The maximum absolute atomic E-state index is 13.1. The fourth-order valence-electron chi connectivity index (χ4n) is 3.00. The quantitative estimate of drug-likeness (QED) is 0.381. The van der Waals surface area contributed by atoms with Crippen molar-refractivity contribution in [3.05, 3.63) is 89.6 Å². The largest absolute Gasteiger partial charge is 0.493 e. The fraction of sp³-hybridized carbons (Fsp3) is 0.120. The Hall–Kier alpha value is -3.71. The van der Waals surface area contributed by atoms with E-state index in [0.29, 0.717) is 28.3 Å². The summed E-state index contributed by atoms with van der Waals surface area (Å²) >= 11 is 1.61. The van der Waals surface area contributed by atoms with Crippen molar-refractivity contribution < 1.29 is 19.1 Å². The Labute approximate surface area is 191 Å². The first-order valence-corrected chi connectivity index (χ1v) is 11.0. The van der Waals surface area contributed by atoms with Gasteiger partial charge in [0.15, 0.2) is 11.5 Å². The Balaban J connectivity index is 1.96. The van der Waals surface area contributed by atoms with E-state index in [1.807, 2.05) is 36.6 Å². The number of methoxy groups -OCH3 is 2. The highest BCUT2D eigenvalue weighted by Gasteiger charge is 2.17. The molecule has 0 radical (unpaired) electrons. The van der Waals surface area contributed by atoms with E-state index >= 15 is 0 Å². The van der Waals surface area contributed by atoms with Crippen LogP contribution in [0.1, 0.15) is 15.9 Å². The average molecular weight is 449 g/mol. The van der Waals surface area contributed by atoms with Crippen molar-refractivity contribution in [1.82, 2.24) is 5.32 Å². The van der Waals surface area contributed by atoms with Crippen molar-refractivity contribution in [2.45, 2.75) is 4.90 Å². The number of carbonyl (C=O) groups excluding carboxylic acids is 2. The first-order chi connectivity index (χ1) is 15.5. The minimum Gasteiger partial charge on any atom is -0.493 e. The molecule has 0 aliphatic carbocycles. The Morgan fingerprint density at radius 3 is 2.22 bits per heavy atom. The van der Waals surface area contributed by atoms with Gasteiger partial charge in [-0.2, -0.15) is 0 Å². The minimum absolute atomic E-state index is 0.0688. The molecule has 0 bridgehead atoms. The van der Waals surface area contributed by atoms with E-state index in [9.17, 15) is 9.59 Å². The monoisotopic (exact) mass is 448 g/mol. The molecule has 0 saturated heterocycles. The van der Waals surface area contributed by atoms with Gasteiger partial charge in [-0.05, 0) is 54.8 Å². The molecule has 6 nitrogen and oxygen atoms in total. The molecule has 3 rings (SSSR count). The number of benzene rings is 3. The Bertz CT molecular complexity index is 1110.